The number of aryl methyl sites for hydroxylation is 1. The first-order valence-electron chi connectivity index (χ1n) is 8.01. The van der Waals surface area contributed by atoms with Crippen LogP contribution < -0.4 is 14.8 Å². The van der Waals surface area contributed by atoms with E-state index in [1.54, 1.807) is 13.2 Å². The van der Waals surface area contributed by atoms with E-state index in [4.69, 9.17) is 9.47 Å². The van der Waals surface area contributed by atoms with E-state index < -0.39 is 0 Å². The molecule has 0 bridgehead atoms. The zero-order chi connectivity index (χ0) is 16.9. The van der Waals surface area contributed by atoms with Crippen LogP contribution in [0.25, 0.3) is 0 Å². The van der Waals surface area contributed by atoms with Gasteiger partial charge in [-0.2, -0.15) is 0 Å². The van der Waals surface area contributed by atoms with E-state index >= 15 is 0 Å². The summed E-state index contributed by atoms with van der Waals surface area (Å²) in [5.74, 6) is 1.02. The van der Waals surface area contributed by atoms with Crippen molar-refractivity contribution in [3.63, 3.8) is 0 Å². The second-order valence-electron chi connectivity index (χ2n) is 5.75. The Kier molecular flexibility index (Phi) is 4.99. The lowest BCUT2D eigenvalue weighted by molar-refractivity contribution is -0.122. The van der Waals surface area contributed by atoms with Gasteiger partial charge in [-0.25, -0.2) is 4.39 Å². The Bertz CT molecular complexity index is 732. The molecule has 2 aromatic rings. The molecule has 0 saturated heterocycles. The predicted molar refractivity (Wildman–Crippen MR) is 88.7 cm³/mol. The molecule has 3 rings (SSSR count). The van der Waals surface area contributed by atoms with Gasteiger partial charge in [0.15, 0.2) is 0 Å². The number of nitrogens with one attached hydrogen (secondary N) is 1. The van der Waals surface area contributed by atoms with Crippen LogP contribution in [0.1, 0.15) is 30.0 Å². The molecule has 0 radical (unpaired) electrons. The van der Waals surface area contributed by atoms with Gasteiger partial charge in [0.1, 0.15) is 17.3 Å². The number of carbonyl (C=O) groups excluding carboxylic acids is 1. The Morgan fingerprint density at radius 1 is 1.33 bits per heavy atom. The number of benzene rings is 2. The Balaban J connectivity index is 1.63. The topological polar surface area (TPSA) is 47.6 Å². The van der Waals surface area contributed by atoms with Crippen LogP contribution in [0.2, 0.25) is 0 Å². The number of halogens is 1. The van der Waals surface area contributed by atoms with Crippen molar-refractivity contribution < 1.29 is 18.7 Å². The SMILES string of the molecule is COc1ccccc1CCC(=O)NC1CCOc2ccc(F)cc21. The number of fused-ring (bicyclic) bond motifs is 1. The number of para-hydroxylation sites is 1. The average molecular weight is 329 g/mol. The summed E-state index contributed by atoms with van der Waals surface area (Å²) in [5.41, 5.74) is 1.69. The highest BCUT2D eigenvalue weighted by molar-refractivity contribution is 5.77. The lowest BCUT2D eigenvalue weighted by Crippen LogP contribution is -2.32. The molecule has 5 heteroatoms. The maximum absolute atomic E-state index is 13.5. The Hall–Kier alpha value is -2.56. The van der Waals surface area contributed by atoms with Gasteiger partial charge in [0.2, 0.25) is 5.91 Å². The molecular weight excluding hydrogens is 309 g/mol. The molecule has 24 heavy (non-hydrogen) atoms. The molecule has 1 heterocycles. The third kappa shape index (κ3) is 3.67. The van der Waals surface area contributed by atoms with Crippen LogP contribution in [0.3, 0.4) is 0 Å². The first kappa shape index (κ1) is 16.3. The van der Waals surface area contributed by atoms with E-state index in [1.165, 1.54) is 12.1 Å². The summed E-state index contributed by atoms with van der Waals surface area (Å²) in [6.45, 7) is 0.510. The van der Waals surface area contributed by atoms with Gasteiger partial charge in [0.05, 0.1) is 19.8 Å². The monoisotopic (exact) mass is 329 g/mol. The summed E-state index contributed by atoms with van der Waals surface area (Å²) in [7, 11) is 1.62. The molecule has 1 aliphatic rings. The third-order valence-corrected chi connectivity index (χ3v) is 4.16. The van der Waals surface area contributed by atoms with Crippen molar-refractivity contribution in [2.45, 2.75) is 25.3 Å². The number of hydrogen-bond donors (Lipinski definition) is 1. The van der Waals surface area contributed by atoms with Gasteiger partial charge >= 0.3 is 0 Å². The minimum atomic E-state index is -0.326. The molecule has 0 aliphatic carbocycles. The van der Waals surface area contributed by atoms with Crippen LogP contribution in [0.5, 0.6) is 11.5 Å². The van der Waals surface area contributed by atoms with Crippen molar-refractivity contribution in [3.05, 3.63) is 59.4 Å². The maximum Gasteiger partial charge on any atom is 0.220 e. The maximum atomic E-state index is 13.5. The summed E-state index contributed by atoms with van der Waals surface area (Å²) in [6.07, 6.45) is 1.58. The smallest absolute Gasteiger partial charge is 0.220 e. The lowest BCUT2D eigenvalue weighted by atomic mass is 10.00. The van der Waals surface area contributed by atoms with Gasteiger partial charge in [0, 0.05) is 18.4 Å². The highest BCUT2D eigenvalue weighted by Crippen LogP contribution is 2.32. The van der Waals surface area contributed by atoms with Crippen molar-refractivity contribution in [2.75, 3.05) is 13.7 Å². The summed E-state index contributed by atoms with van der Waals surface area (Å²) >= 11 is 0. The van der Waals surface area contributed by atoms with Crippen molar-refractivity contribution in [2.24, 2.45) is 0 Å². The van der Waals surface area contributed by atoms with Crippen molar-refractivity contribution in [3.8, 4) is 11.5 Å². The first-order chi connectivity index (χ1) is 11.7. The number of amides is 1. The standard InChI is InChI=1S/C19H20FNO3/c1-23-17-5-3-2-4-13(17)6-9-19(22)21-16-10-11-24-18-8-7-14(20)12-15(16)18/h2-5,7-8,12,16H,6,9-11H2,1H3,(H,21,22). The van der Waals surface area contributed by atoms with Crippen LogP contribution in [0.15, 0.2) is 42.5 Å². The van der Waals surface area contributed by atoms with Crippen LogP contribution in [-0.2, 0) is 11.2 Å². The highest BCUT2D eigenvalue weighted by atomic mass is 19.1. The second-order valence-corrected chi connectivity index (χ2v) is 5.75. The molecule has 4 nitrogen and oxygen atoms in total. The molecule has 2 aromatic carbocycles. The number of carbonyl (C=O) groups is 1. The molecule has 1 N–H and O–H groups in total. The Labute approximate surface area is 140 Å². The number of ether oxygens (including phenoxy) is 2. The number of rotatable bonds is 5. The quantitative estimate of drug-likeness (QED) is 0.914. The van der Waals surface area contributed by atoms with E-state index in [1.807, 2.05) is 24.3 Å². The number of methoxy groups -OCH3 is 1. The van der Waals surface area contributed by atoms with Crippen LogP contribution in [0.4, 0.5) is 4.39 Å². The summed E-state index contributed by atoms with van der Waals surface area (Å²) < 4.78 is 24.3. The van der Waals surface area contributed by atoms with Gasteiger partial charge < -0.3 is 14.8 Å². The van der Waals surface area contributed by atoms with Gasteiger partial charge in [-0.15, -0.1) is 0 Å². The molecule has 0 fully saturated rings. The first-order valence-corrected chi connectivity index (χ1v) is 8.01. The van der Waals surface area contributed by atoms with Crippen molar-refractivity contribution >= 4 is 5.91 Å². The van der Waals surface area contributed by atoms with E-state index in [0.717, 1.165) is 11.3 Å². The van der Waals surface area contributed by atoms with E-state index in [9.17, 15) is 9.18 Å². The van der Waals surface area contributed by atoms with Crippen LogP contribution >= 0.6 is 0 Å². The molecule has 0 saturated carbocycles. The van der Waals surface area contributed by atoms with Crippen LogP contribution in [0, 0.1) is 5.82 Å². The van der Waals surface area contributed by atoms with E-state index in [2.05, 4.69) is 5.32 Å². The summed E-state index contributed by atoms with van der Waals surface area (Å²) in [4.78, 5) is 12.3. The van der Waals surface area contributed by atoms with Gasteiger partial charge in [-0.05, 0) is 36.2 Å². The third-order valence-electron chi connectivity index (χ3n) is 4.16. The minimum absolute atomic E-state index is 0.0667. The largest absolute Gasteiger partial charge is 0.496 e. The zero-order valence-electron chi connectivity index (χ0n) is 13.5. The second kappa shape index (κ2) is 7.34. The fraction of sp³-hybridized carbons (Fsp3) is 0.316. The molecular formula is C19H20FNO3. The predicted octanol–water partition coefficient (Wildman–Crippen LogP) is 3.41. The zero-order valence-corrected chi connectivity index (χ0v) is 13.5. The molecule has 126 valence electrons. The van der Waals surface area contributed by atoms with Crippen LogP contribution in [-0.4, -0.2) is 19.6 Å². The Morgan fingerprint density at radius 3 is 3.00 bits per heavy atom. The molecule has 1 unspecified atom stereocenters. The van der Waals surface area contributed by atoms with E-state index in [0.29, 0.717) is 37.2 Å². The molecule has 1 amide bonds. The highest BCUT2D eigenvalue weighted by Gasteiger charge is 2.23. The molecule has 0 spiro atoms. The fourth-order valence-electron chi connectivity index (χ4n) is 2.94. The summed E-state index contributed by atoms with van der Waals surface area (Å²) in [6, 6.07) is 11.8. The molecule has 1 atom stereocenters. The molecule has 1 aliphatic heterocycles. The Morgan fingerprint density at radius 2 is 2.17 bits per heavy atom. The molecule has 0 aromatic heterocycles. The minimum Gasteiger partial charge on any atom is -0.496 e. The van der Waals surface area contributed by atoms with Gasteiger partial charge in [0.25, 0.3) is 0 Å². The normalized spacial score (nSPS) is 16.0. The summed E-state index contributed by atoms with van der Waals surface area (Å²) in [5, 5.41) is 2.98. The number of hydrogen-bond acceptors (Lipinski definition) is 3. The van der Waals surface area contributed by atoms with Crippen molar-refractivity contribution in [1.29, 1.82) is 0 Å². The fourth-order valence-corrected chi connectivity index (χ4v) is 2.94. The average Bonchev–Trinajstić information content (AvgIpc) is 2.60. The van der Waals surface area contributed by atoms with Crippen molar-refractivity contribution in [1.82, 2.24) is 5.32 Å². The van der Waals surface area contributed by atoms with Gasteiger partial charge in [-0.1, -0.05) is 18.2 Å². The lowest BCUT2D eigenvalue weighted by Gasteiger charge is -2.26. The van der Waals surface area contributed by atoms with E-state index in [-0.39, 0.29) is 17.8 Å². The van der Waals surface area contributed by atoms with Gasteiger partial charge in [-0.3, -0.25) is 4.79 Å².